The van der Waals surface area contributed by atoms with Crippen LogP contribution < -0.4 is 0 Å². The molecule has 0 aliphatic heterocycles. The molecule has 0 saturated carbocycles. The quantitative estimate of drug-likeness (QED) is 0.858. The molecule has 0 spiro atoms. The first kappa shape index (κ1) is 11.9. The Morgan fingerprint density at radius 1 is 1.41 bits per heavy atom. The Balaban J connectivity index is 2.77. The summed E-state index contributed by atoms with van der Waals surface area (Å²) in [5.41, 5.74) is 2.57. The molecule has 2 N–H and O–H groups in total. The molecule has 2 rings (SSSR count). The Morgan fingerprint density at radius 2 is 2.06 bits per heavy atom. The molecule has 0 aliphatic carbocycles. The van der Waals surface area contributed by atoms with Crippen LogP contribution in [0.1, 0.15) is 29.5 Å². The number of aromatic hydroxyl groups is 1. The summed E-state index contributed by atoms with van der Waals surface area (Å²) in [4.78, 5) is 11.1. The van der Waals surface area contributed by atoms with E-state index in [4.69, 9.17) is 5.11 Å². The second-order valence-electron chi connectivity index (χ2n) is 4.29. The number of carboxylic acid groups (broad SMARTS) is 1. The SMILES string of the molecule is Cc1c(O)cc(C)c2c(C(C)C(=O)O)csc12. The molecule has 0 bridgehead atoms. The Kier molecular flexibility index (Phi) is 2.83. The van der Waals surface area contributed by atoms with Crippen molar-refractivity contribution < 1.29 is 15.0 Å². The van der Waals surface area contributed by atoms with Gasteiger partial charge < -0.3 is 10.2 Å². The van der Waals surface area contributed by atoms with E-state index in [-0.39, 0.29) is 5.75 Å². The molecular formula is C13H14O3S. The Labute approximate surface area is 103 Å². The van der Waals surface area contributed by atoms with Gasteiger partial charge in [-0.25, -0.2) is 0 Å². The highest BCUT2D eigenvalue weighted by atomic mass is 32.1. The molecule has 1 heterocycles. The van der Waals surface area contributed by atoms with Gasteiger partial charge in [0, 0.05) is 10.3 Å². The molecule has 1 unspecified atom stereocenters. The van der Waals surface area contributed by atoms with Gasteiger partial charge in [-0.05, 0) is 48.7 Å². The van der Waals surface area contributed by atoms with Crippen LogP contribution in [0.2, 0.25) is 0 Å². The zero-order chi connectivity index (χ0) is 12.7. The van der Waals surface area contributed by atoms with Crippen LogP contribution in [-0.4, -0.2) is 16.2 Å². The normalized spacial score (nSPS) is 12.9. The minimum Gasteiger partial charge on any atom is -0.508 e. The van der Waals surface area contributed by atoms with E-state index in [2.05, 4.69) is 0 Å². The van der Waals surface area contributed by atoms with E-state index in [1.54, 1.807) is 13.0 Å². The predicted octanol–water partition coefficient (Wildman–Crippen LogP) is 3.41. The van der Waals surface area contributed by atoms with Crippen molar-refractivity contribution in [2.24, 2.45) is 0 Å². The first-order chi connectivity index (χ1) is 7.93. The summed E-state index contributed by atoms with van der Waals surface area (Å²) in [6.07, 6.45) is 0. The number of hydrogen-bond donors (Lipinski definition) is 2. The fourth-order valence-electron chi connectivity index (χ4n) is 2.01. The number of phenols is 1. The standard InChI is InChI=1S/C13H14O3S/c1-6-4-10(14)8(3)12-11(6)9(5-17-12)7(2)13(15)16/h4-5,7,14H,1-3H3,(H,15,16). The van der Waals surface area contributed by atoms with Crippen LogP contribution in [0.25, 0.3) is 10.1 Å². The predicted molar refractivity (Wildman–Crippen MR) is 69.0 cm³/mol. The number of benzene rings is 1. The lowest BCUT2D eigenvalue weighted by atomic mass is 9.96. The van der Waals surface area contributed by atoms with Gasteiger partial charge >= 0.3 is 5.97 Å². The van der Waals surface area contributed by atoms with Crippen molar-refractivity contribution in [3.8, 4) is 5.75 Å². The van der Waals surface area contributed by atoms with Gasteiger partial charge in [0.15, 0.2) is 0 Å². The van der Waals surface area contributed by atoms with Crippen molar-refractivity contribution in [3.63, 3.8) is 0 Å². The van der Waals surface area contributed by atoms with E-state index in [1.165, 1.54) is 11.3 Å². The molecule has 0 amide bonds. The third-order valence-electron chi connectivity index (χ3n) is 3.13. The van der Waals surface area contributed by atoms with E-state index in [0.717, 1.165) is 26.8 Å². The zero-order valence-electron chi connectivity index (χ0n) is 9.94. The number of aliphatic carboxylic acids is 1. The van der Waals surface area contributed by atoms with Crippen molar-refractivity contribution in [3.05, 3.63) is 28.1 Å². The first-order valence-electron chi connectivity index (χ1n) is 5.36. The van der Waals surface area contributed by atoms with Crippen LogP contribution >= 0.6 is 11.3 Å². The molecule has 0 radical (unpaired) electrons. The lowest BCUT2D eigenvalue weighted by Crippen LogP contribution is -2.06. The van der Waals surface area contributed by atoms with Gasteiger partial charge in [-0.15, -0.1) is 11.3 Å². The summed E-state index contributed by atoms with van der Waals surface area (Å²) >= 11 is 1.49. The third-order valence-corrected chi connectivity index (χ3v) is 4.25. The number of thiophene rings is 1. The molecule has 0 fully saturated rings. The molecule has 17 heavy (non-hydrogen) atoms. The summed E-state index contributed by atoms with van der Waals surface area (Å²) in [5.74, 6) is -1.08. The van der Waals surface area contributed by atoms with E-state index < -0.39 is 11.9 Å². The van der Waals surface area contributed by atoms with Gasteiger partial charge in [-0.1, -0.05) is 0 Å². The number of fused-ring (bicyclic) bond motifs is 1. The maximum atomic E-state index is 11.1. The lowest BCUT2D eigenvalue weighted by Gasteiger charge is -2.09. The Bertz CT molecular complexity index is 598. The number of phenolic OH excluding ortho intramolecular Hbond substituents is 1. The van der Waals surface area contributed by atoms with Crippen LogP contribution in [0.5, 0.6) is 5.75 Å². The van der Waals surface area contributed by atoms with Crippen LogP contribution in [0, 0.1) is 13.8 Å². The molecular weight excluding hydrogens is 236 g/mol. The average molecular weight is 250 g/mol. The Morgan fingerprint density at radius 3 is 2.65 bits per heavy atom. The van der Waals surface area contributed by atoms with Crippen LogP contribution in [-0.2, 0) is 4.79 Å². The smallest absolute Gasteiger partial charge is 0.310 e. The zero-order valence-corrected chi connectivity index (χ0v) is 10.8. The molecule has 1 aromatic heterocycles. The largest absolute Gasteiger partial charge is 0.508 e. The lowest BCUT2D eigenvalue weighted by molar-refractivity contribution is -0.138. The maximum absolute atomic E-state index is 11.1. The van der Waals surface area contributed by atoms with E-state index in [0.29, 0.717) is 0 Å². The fourth-order valence-corrected chi connectivity index (χ4v) is 3.25. The molecule has 1 atom stereocenters. The van der Waals surface area contributed by atoms with Crippen LogP contribution in [0.3, 0.4) is 0 Å². The van der Waals surface area contributed by atoms with Crippen molar-refractivity contribution in [2.45, 2.75) is 26.7 Å². The highest BCUT2D eigenvalue weighted by Crippen LogP contribution is 2.39. The summed E-state index contributed by atoms with van der Waals surface area (Å²) in [5, 5.41) is 21.7. The molecule has 3 nitrogen and oxygen atoms in total. The van der Waals surface area contributed by atoms with Gasteiger partial charge in [0.1, 0.15) is 5.75 Å². The number of aryl methyl sites for hydroxylation is 2. The topological polar surface area (TPSA) is 57.5 Å². The van der Waals surface area contributed by atoms with Crippen molar-refractivity contribution in [2.75, 3.05) is 0 Å². The molecule has 4 heteroatoms. The summed E-state index contributed by atoms with van der Waals surface area (Å²) < 4.78 is 0.977. The van der Waals surface area contributed by atoms with Crippen molar-refractivity contribution in [1.29, 1.82) is 0 Å². The van der Waals surface area contributed by atoms with Crippen LogP contribution in [0.4, 0.5) is 0 Å². The van der Waals surface area contributed by atoms with Crippen molar-refractivity contribution >= 4 is 27.4 Å². The second-order valence-corrected chi connectivity index (χ2v) is 5.17. The molecule has 2 aromatic rings. The van der Waals surface area contributed by atoms with E-state index in [1.807, 2.05) is 19.2 Å². The van der Waals surface area contributed by atoms with Gasteiger partial charge in [0.05, 0.1) is 5.92 Å². The molecule has 0 saturated heterocycles. The first-order valence-corrected chi connectivity index (χ1v) is 6.24. The van der Waals surface area contributed by atoms with E-state index >= 15 is 0 Å². The number of rotatable bonds is 2. The summed E-state index contributed by atoms with van der Waals surface area (Å²) in [7, 11) is 0. The third kappa shape index (κ3) is 1.78. The minimum atomic E-state index is -0.824. The minimum absolute atomic E-state index is 0.270. The van der Waals surface area contributed by atoms with Gasteiger partial charge in [0.25, 0.3) is 0 Å². The maximum Gasteiger partial charge on any atom is 0.310 e. The fraction of sp³-hybridized carbons (Fsp3) is 0.308. The van der Waals surface area contributed by atoms with Crippen LogP contribution in [0.15, 0.2) is 11.4 Å². The summed E-state index contributed by atoms with van der Waals surface area (Å²) in [6.45, 7) is 5.43. The summed E-state index contributed by atoms with van der Waals surface area (Å²) in [6, 6.07) is 1.70. The monoisotopic (exact) mass is 250 g/mol. The molecule has 90 valence electrons. The average Bonchev–Trinajstić information content (AvgIpc) is 2.69. The highest BCUT2D eigenvalue weighted by molar-refractivity contribution is 7.17. The van der Waals surface area contributed by atoms with Crippen molar-refractivity contribution in [1.82, 2.24) is 0 Å². The Hall–Kier alpha value is -1.55. The van der Waals surface area contributed by atoms with E-state index in [9.17, 15) is 9.90 Å². The number of carbonyl (C=O) groups is 1. The molecule has 1 aromatic carbocycles. The van der Waals surface area contributed by atoms with Gasteiger partial charge in [0.2, 0.25) is 0 Å². The second kappa shape index (κ2) is 4.04. The number of carboxylic acids is 1. The van der Waals surface area contributed by atoms with Gasteiger partial charge in [-0.2, -0.15) is 0 Å². The highest BCUT2D eigenvalue weighted by Gasteiger charge is 2.20. The number of hydrogen-bond acceptors (Lipinski definition) is 3. The molecule has 0 aliphatic rings. The van der Waals surface area contributed by atoms with Gasteiger partial charge in [-0.3, -0.25) is 4.79 Å².